The van der Waals surface area contributed by atoms with Crippen LogP contribution in [0.3, 0.4) is 0 Å². The number of aromatic nitrogens is 2. The molecule has 1 atom stereocenters. The molecule has 1 unspecified atom stereocenters. The first-order chi connectivity index (χ1) is 21.2. The van der Waals surface area contributed by atoms with E-state index in [2.05, 4.69) is 26.8 Å². The summed E-state index contributed by atoms with van der Waals surface area (Å²) in [6.45, 7) is 2.49. The predicted molar refractivity (Wildman–Crippen MR) is 153 cm³/mol. The van der Waals surface area contributed by atoms with Gasteiger partial charge in [-0.1, -0.05) is 12.1 Å². The fourth-order valence-corrected chi connectivity index (χ4v) is 5.32. The van der Waals surface area contributed by atoms with Crippen molar-refractivity contribution in [1.82, 2.24) is 9.55 Å². The second-order valence-electron chi connectivity index (χ2n) is 10.6. The summed E-state index contributed by atoms with van der Waals surface area (Å²) in [5.74, 6) is 1.18. The first kappa shape index (κ1) is 29.1. The average molecular weight is 611 g/mol. The summed E-state index contributed by atoms with van der Waals surface area (Å²) in [7, 11) is 0. The van der Waals surface area contributed by atoms with Crippen LogP contribution in [-0.2, 0) is 19.5 Å². The van der Waals surface area contributed by atoms with E-state index in [9.17, 15) is 23.3 Å². The third-order valence-corrected chi connectivity index (χ3v) is 7.42. The molecule has 2 aliphatic heterocycles. The third kappa shape index (κ3) is 7.16. The van der Waals surface area contributed by atoms with Gasteiger partial charge in [0.25, 0.3) is 0 Å². The van der Waals surface area contributed by atoms with E-state index in [0.29, 0.717) is 37.6 Å². The van der Waals surface area contributed by atoms with Gasteiger partial charge in [-0.25, -0.2) is 0 Å². The summed E-state index contributed by atoms with van der Waals surface area (Å²) in [5.41, 5.74) is 3.45. The van der Waals surface area contributed by atoms with Crippen LogP contribution in [0.4, 0.5) is 24.7 Å². The molecule has 4 aromatic rings. The molecular formula is C31H29F3N4O6. The number of halogens is 3. The van der Waals surface area contributed by atoms with Crippen LogP contribution in [0.2, 0.25) is 0 Å². The molecule has 3 aromatic carbocycles. The molecule has 13 heteroatoms. The zero-order chi connectivity index (χ0) is 30.7. The minimum atomic E-state index is -4.74. The molecule has 44 heavy (non-hydrogen) atoms. The van der Waals surface area contributed by atoms with E-state index in [4.69, 9.17) is 14.2 Å². The number of alkyl halides is 3. The van der Waals surface area contributed by atoms with E-state index in [0.717, 1.165) is 42.8 Å². The van der Waals surface area contributed by atoms with Gasteiger partial charge in [-0.3, -0.25) is 4.57 Å². The van der Waals surface area contributed by atoms with E-state index in [1.807, 2.05) is 30.3 Å². The van der Waals surface area contributed by atoms with Crippen molar-refractivity contribution in [2.24, 2.45) is 0 Å². The largest absolute Gasteiger partial charge is 0.573 e. The van der Waals surface area contributed by atoms with Gasteiger partial charge in [-0.15, -0.1) is 13.2 Å². The number of ether oxygens (including phenoxy) is 4. The standard InChI is InChI=1S/C31H29F3N4O6/c32-31(33,34)44-25-10-8-24(9-11-25)42-23-6-4-21(5-7-23)18-36-15-2-1-3-22-17-26(12-13-28(22)36)41-20-27-14-16-37-19-29(38(39)40)35-30(37)43-27/h4-13,17,19,27H,1-3,14-16,18,20H2. The summed E-state index contributed by atoms with van der Waals surface area (Å²) >= 11 is 0. The lowest BCUT2D eigenvalue weighted by molar-refractivity contribution is -0.389. The van der Waals surface area contributed by atoms with Crippen molar-refractivity contribution in [2.75, 3.05) is 18.1 Å². The van der Waals surface area contributed by atoms with Crippen molar-refractivity contribution in [3.05, 3.63) is 94.2 Å². The highest BCUT2D eigenvalue weighted by atomic mass is 19.4. The van der Waals surface area contributed by atoms with Gasteiger partial charge >= 0.3 is 18.2 Å². The smallest absolute Gasteiger partial charge is 0.490 e. The molecule has 0 saturated carbocycles. The number of imidazole rings is 1. The Balaban J connectivity index is 1.05. The number of fused-ring (bicyclic) bond motifs is 2. The molecule has 0 bridgehead atoms. The monoisotopic (exact) mass is 610 g/mol. The average Bonchev–Trinajstić information content (AvgIpc) is 3.33. The van der Waals surface area contributed by atoms with Gasteiger partial charge in [-0.2, -0.15) is 0 Å². The Hall–Kier alpha value is -4.94. The topological polar surface area (TPSA) is 101 Å². The van der Waals surface area contributed by atoms with Crippen molar-refractivity contribution in [1.29, 1.82) is 0 Å². The SMILES string of the molecule is O=[N+]([O-])c1cn2c(n1)OC(COc1ccc3c(c1)CCCCN3Cc1ccc(Oc3ccc(OC(F)(F)F)cc3)cc1)CC2. The zero-order valence-corrected chi connectivity index (χ0v) is 23.5. The summed E-state index contributed by atoms with van der Waals surface area (Å²) in [5, 5.41) is 11.0. The maximum Gasteiger partial charge on any atom is 0.573 e. The van der Waals surface area contributed by atoms with Gasteiger partial charge in [-0.05, 0) is 89.9 Å². The van der Waals surface area contributed by atoms with Crippen LogP contribution in [0.25, 0.3) is 0 Å². The number of anilines is 1. The Labute approximate surface area is 250 Å². The normalized spacial score (nSPS) is 16.2. The first-order valence-electron chi connectivity index (χ1n) is 14.2. The first-order valence-corrected chi connectivity index (χ1v) is 14.2. The van der Waals surface area contributed by atoms with Crippen LogP contribution in [0.15, 0.2) is 72.9 Å². The minimum Gasteiger partial charge on any atom is -0.490 e. The van der Waals surface area contributed by atoms with Crippen molar-refractivity contribution < 1.29 is 37.0 Å². The van der Waals surface area contributed by atoms with Gasteiger partial charge in [0.2, 0.25) is 0 Å². The molecule has 0 aliphatic carbocycles. The number of nitrogens with zero attached hydrogens (tertiary/aromatic N) is 4. The van der Waals surface area contributed by atoms with E-state index in [1.165, 1.54) is 36.0 Å². The third-order valence-electron chi connectivity index (χ3n) is 7.42. The van der Waals surface area contributed by atoms with Crippen molar-refractivity contribution in [3.63, 3.8) is 0 Å². The van der Waals surface area contributed by atoms with Crippen molar-refractivity contribution >= 4 is 11.5 Å². The zero-order valence-electron chi connectivity index (χ0n) is 23.5. The van der Waals surface area contributed by atoms with E-state index >= 15 is 0 Å². The Morgan fingerprint density at radius 2 is 1.66 bits per heavy atom. The molecule has 3 heterocycles. The fourth-order valence-electron chi connectivity index (χ4n) is 5.32. The molecule has 0 amide bonds. The molecular weight excluding hydrogens is 581 g/mol. The second kappa shape index (κ2) is 12.3. The van der Waals surface area contributed by atoms with Crippen molar-refractivity contribution in [2.45, 2.75) is 51.2 Å². The molecule has 2 aliphatic rings. The molecule has 0 spiro atoms. The molecule has 0 saturated heterocycles. The molecule has 6 rings (SSSR count). The maximum absolute atomic E-state index is 12.4. The highest BCUT2D eigenvalue weighted by Crippen LogP contribution is 2.33. The Bertz CT molecular complexity index is 1610. The van der Waals surface area contributed by atoms with Crippen LogP contribution in [-0.4, -0.2) is 40.1 Å². The number of benzene rings is 3. The van der Waals surface area contributed by atoms with Crippen LogP contribution in [0, 0.1) is 10.1 Å². The van der Waals surface area contributed by atoms with E-state index < -0.39 is 11.3 Å². The number of hydrogen-bond donors (Lipinski definition) is 0. The number of rotatable bonds is 9. The second-order valence-corrected chi connectivity index (χ2v) is 10.6. The Morgan fingerprint density at radius 1 is 0.955 bits per heavy atom. The lowest BCUT2D eigenvalue weighted by Crippen LogP contribution is -2.31. The Kier molecular flexibility index (Phi) is 8.18. The summed E-state index contributed by atoms with van der Waals surface area (Å²) in [6, 6.07) is 19.2. The van der Waals surface area contributed by atoms with Crippen LogP contribution in [0.5, 0.6) is 29.0 Å². The molecule has 0 N–H and O–H groups in total. The van der Waals surface area contributed by atoms with Crippen LogP contribution in [0.1, 0.15) is 30.4 Å². The summed E-state index contributed by atoms with van der Waals surface area (Å²) in [4.78, 5) is 16.8. The summed E-state index contributed by atoms with van der Waals surface area (Å²) < 4.78 is 60.4. The van der Waals surface area contributed by atoms with Crippen LogP contribution >= 0.6 is 0 Å². The highest BCUT2D eigenvalue weighted by molar-refractivity contribution is 5.57. The van der Waals surface area contributed by atoms with Gasteiger partial charge in [0.15, 0.2) is 0 Å². The molecule has 0 radical (unpaired) electrons. The molecule has 230 valence electrons. The Morgan fingerprint density at radius 3 is 2.39 bits per heavy atom. The fraction of sp³-hybridized carbons (Fsp3) is 0.323. The van der Waals surface area contributed by atoms with E-state index in [1.54, 1.807) is 4.57 Å². The minimum absolute atomic E-state index is 0.228. The number of hydrogen-bond acceptors (Lipinski definition) is 8. The van der Waals surface area contributed by atoms with Gasteiger partial charge < -0.3 is 34.0 Å². The lowest BCUT2D eigenvalue weighted by atomic mass is 10.1. The van der Waals surface area contributed by atoms with Crippen molar-refractivity contribution in [3.8, 4) is 29.0 Å². The number of nitro groups is 1. The summed E-state index contributed by atoms with van der Waals surface area (Å²) in [6.07, 6.45) is 0.0873. The maximum atomic E-state index is 12.4. The lowest BCUT2D eigenvalue weighted by Gasteiger charge is -2.26. The van der Waals surface area contributed by atoms with Gasteiger partial charge in [0.1, 0.15) is 41.9 Å². The molecule has 10 nitrogen and oxygen atoms in total. The van der Waals surface area contributed by atoms with Crippen LogP contribution < -0.4 is 23.8 Å². The highest BCUT2D eigenvalue weighted by Gasteiger charge is 2.31. The molecule has 0 fully saturated rings. The van der Waals surface area contributed by atoms with Gasteiger partial charge in [0, 0.05) is 36.7 Å². The van der Waals surface area contributed by atoms with Gasteiger partial charge in [0.05, 0.1) is 0 Å². The number of aryl methyl sites for hydroxylation is 2. The van der Waals surface area contributed by atoms with E-state index in [-0.39, 0.29) is 23.7 Å². The quantitative estimate of drug-likeness (QED) is 0.147. The molecule has 1 aromatic heterocycles. The predicted octanol–water partition coefficient (Wildman–Crippen LogP) is 7.06.